The number of benzene rings is 4. The van der Waals surface area contributed by atoms with Gasteiger partial charge in [-0.2, -0.15) is 5.10 Å². The van der Waals surface area contributed by atoms with Crippen molar-refractivity contribution in [3.8, 4) is 11.5 Å². The molecule has 32 heavy (non-hydrogen) atoms. The van der Waals surface area contributed by atoms with Crippen LogP contribution in [0.5, 0.6) is 11.5 Å². The van der Waals surface area contributed by atoms with E-state index < -0.39 is 11.9 Å². The minimum atomic E-state index is -0.546. The van der Waals surface area contributed by atoms with Crippen LogP contribution >= 0.6 is 11.6 Å². The number of halogens is 1. The third-order valence-electron chi connectivity index (χ3n) is 4.64. The lowest BCUT2D eigenvalue weighted by atomic mass is 10.1. The van der Waals surface area contributed by atoms with Crippen molar-refractivity contribution in [2.75, 3.05) is 0 Å². The highest BCUT2D eigenvalue weighted by atomic mass is 35.5. The van der Waals surface area contributed by atoms with Crippen LogP contribution in [0.15, 0.2) is 90.0 Å². The number of phenolic OH excluding ortho intramolecular Hbond substituents is 1. The second-order valence-corrected chi connectivity index (χ2v) is 7.32. The number of nitrogens with zero attached hydrogens (tertiary/aromatic N) is 1. The molecule has 4 aromatic rings. The Balaban J connectivity index is 1.43. The molecule has 0 fully saturated rings. The van der Waals surface area contributed by atoms with Crippen molar-refractivity contribution in [2.45, 2.75) is 0 Å². The van der Waals surface area contributed by atoms with Crippen molar-refractivity contribution >= 4 is 40.5 Å². The van der Waals surface area contributed by atoms with Crippen molar-refractivity contribution < 1.29 is 19.4 Å². The lowest BCUT2D eigenvalue weighted by molar-refractivity contribution is 0.0734. The first-order chi connectivity index (χ1) is 15.5. The summed E-state index contributed by atoms with van der Waals surface area (Å²) in [6.45, 7) is 0. The monoisotopic (exact) mass is 444 g/mol. The minimum Gasteiger partial charge on any atom is -0.507 e. The van der Waals surface area contributed by atoms with Crippen molar-refractivity contribution in [3.63, 3.8) is 0 Å². The topological polar surface area (TPSA) is 88.0 Å². The number of carbonyl (C=O) groups excluding carboxylic acids is 2. The SMILES string of the molecule is O=C(Oc1cccc(/C=N/NC(=O)c2cc3ccccc3cc2O)c1)c1ccc(Cl)cc1. The highest BCUT2D eigenvalue weighted by Gasteiger charge is 2.12. The predicted octanol–water partition coefficient (Wildman–Crippen LogP) is 5.18. The number of carbonyl (C=O) groups is 2. The fraction of sp³-hybridized carbons (Fsp3) is 0. The van der Waals surface area contributed by atoms with Gasteiger partial charge in [0.15, 0.2) is 0 Å². The van der Waals surface area contributed by atoms with E-state index in [0.717, 1.165) is 10.8 Å². The van der Waals surface area contributed by atoms with E-state index in [1.54, 1.807) is 54.6 Å². The van der Waals surface area contributed by atoms with E-state index in [2.05, 4.69) is 10.5 Å². The summed E-state index contributed by atoms with van der Waals surface area (Å²) in [6, 6.07) is 23.6. The van der Waals surface area contributed by atoms with Gasteiger partial charge < -0.3 is 9.84 Å². The summed E-state index contributed by atoms with van der Waals surface area (Å²) in [7, 11) is 0. The maximum atomic E-state index is 12.4. The Morgan fingerprint density at radius 1 is 0.906 bits per heavy atom. The van der Waals surface area contributed by atoms with Gasteiger partial charge in [-0.3, -0.25) is 4.79 Å². The van der Waals surface area contributed by atoms with Crippen LogP contribution in [0.2, 0.25) is 5.02 Å². The van der Waals surface area contributed by atoms with Crippen LogP contribution < -0.4 is 10.2 Å². The summed E-state index contributed by atoms with van der Waals surface area (Å²) < 4.78 is 5.37. The molecular formula is C25H17ClN2O4. The Morgan fingerprint density at radius 2 is 1.62 bits per heavy atom. The number of nitrogens with one attached hydrogen (secondary N) is 1. The molecule has 0 aliphatic rings. The maximum Gasteiger partial charge on any atom is 0.343 e. The average molecular weight is 445 g/mol. The lowest BCUT2D eigenvalue weighted by Crippen LogP contribution is -2.17. The Hall–Kier alpha value is -4.16. The second-order valence-electron chi connectivity index (χ2n) is 6.88. The third-order valence-corrected chi connectivity index (χ3v) is 4.89. The van der Waals surface area contributed by atoms with Crippen LogP contribution in [0, 0.1) is 0 Å². The molecule has 0 saturated heterocycles. The molecule has 158 valence electrons. The number of esters is 1. The zero-order chi connectivity index (χ0) is 22.5. The van der Waals surface area contributed by atoms with Gasteiger partial charge in [-0.1, -0.05) is 48.0 Å². The highest BCUT2D eigenvalue weighted by Crippen LogP contribution is 2.25. The Bertz CT molecular complexity index is 1330. The molecule has 0 aromatic heterocycles. The molecule has 0 heterocycles. The van der Waals surface area contributed by atoms with E-state index in [1.165, 1.54) is 12.3 Å². The van der Waals surface area contributed by atoms with E-state index in [-0.39, 0.29) is 11.3 Å². The normalized spacial score (nSPS) is 10.9. The molecule has 1 amide bonds. The number of hydrogen-bond acceptors (Lipinski definition) is 5. The van der Waals surface area contributed by atoms with Gasteiger partial charge in [0.1, 0.15) is 11.5 Å². The fourth-order valence-electron chi connectivity index (χ4n) is 3.05. The van der Waals surface area contributed by atoms with Gasteiger partial charge in [-0.15, -0.1) is 0 Å². The molecule has 0 unspecified atom stereocenters. The smallest absolute Gasteiger partial charge is 0.343 e. The minimum absolute atomic E-state index is 0.117. The number of ether oxygens (including phenoxy) is 1. The van der Waals surface area contributed by atoms with Gasteiger partial charge in [0.25, 0.3) is 5.91 Å². The maximum absolute atomic E-state index is 12.4. The third kappa shape index (κ3) is 4.94. The predicted molar refractivity (Wildman–Crippen MR) is 124 cm³/mol. The van der Waals surface area contributed by atoms with E-state index >= 15 is 0 Å². The van der Waals surface area contributed by atoms with Crippen LogP contribution in [-0.2, 0) is 0 Å². The van der Waals surface area contributed by atoms with E-state index in [9.17, 15) is 14.7 Å². The molecule has 7 heteroatoms. The van der Waals surface area contributed by atoms with Gasteiger partial charge in [0.2, 0.25) is 0 Å². The Morgan fingerprint density at radius 3 is 2.38 bits per heavy atom. The molecule has 4 rings (SSSR count). The number of amides is 1. The Labute approximate surface area is 188 Å². The number of aromatic hydroxyl groups is 1. The highest BCUT2D eigenvalue weighted by molar-refractivity contribution is 6.30. The number of hydrazone groups is 1. The number of phenols is 1. The van der Waals surface area contributed by atoms with Crippen molar-refractivity contribution in [1.29, 1.82) is 0 Å². The van der Waals surface area contributed by atoms with Gasteiger partial charge in [-0.25, -0.2) is 10.2 Å². The van der Waals surface area contributed by atoms with Crippen LogP contribution in [0.4, 0.5) is 0 Å². The van der Waals surface area contributed by atoms with Crippen LogP contribution in [-0.4, -0.2) is 23.2 Å². The van der Waals surface area contributed by atoms with Crippen LogP contribution in [0.25, 0.3) is 10.8 Å². The van der Waals surface area contributed by atoms with E-state index in [4.69, 9.17) is 16.3 Å². The quantitative estimate of drug-likeness (QED) is 0.192. The standard InChI is InChI=1S/C25H17ClN2O4/c26-20-10-8-17(9-11-20)25(31)32-21-7-3-4-16(12-21)15-27-28-24(30)22-13-18-5-1-2-6-19(18)14-23(22)29/h1-15,29H,(H,28,30)/b27-15+. The Kier molecular flexibility index (Phi) is 6.14. The molecule has 0 saturated carbocycles. The van der Waals surface area contributed by atoms with Crippen molar-refractivity contribution in [3.05, 3.63) is 107 Å². The summed E-state index contributed by atoms with van der Waals surface area (Å²) >= 11 is 5.83. The number of rotatable bonds is 5. The van der Waals surface area contributed by atoms with Crippen LogP contribution in [0.3, 0.4) is 0 Å². The average Bonchev–Trinajstić information content (AvgIpc) is 2.79. The molecule has 4 aromatic carbocycles. The molecule has 0 spiro atoms. The molecule has 0 radical (unpaired) electrons. The second kappa shape index (κ2) is 9.32. The fourth-order valence-corrected chi connectivity index (χ4v) is 3.17. The number of hydrogen-bond donors (Lipinski definition) is 2. The van der Waals surface area contributed by atoms with E-state index in [1.807, 2.05) is 24.3 Å². The van der Waals surface area contributed by atoms with Gasteiger partial charge >= 0.3 is 5.97 Å². The summed E-state index contributed by atoms with van der Waals surface area (Å²) in [5.74, 6) is -0.870. The molecule has 0 bridgehead atoms. The van der Waals surface area contributed by atoms with Crippen molar-refractivity contribution in [2.24, 2.45) is 5.10 Å². The van der Waals surface area contributed by atoms with Gasteiger partial charge in [-0.05, 0) is 64.9 Å². The first-order valence-electron chi connectivity index (χ1n) is 9.62. The van der Waals surface area contributed by atoms with Crippen LogP contribution in [0.1, 0.15) is 26.3 Å². The zero-order valence-corrected chi connectivity index (χ0v) is 17.4. The summed E-state index contributed by atoms with van der Waals surface area (Å²) in [5, 5.41) is 16.3. The van der Waals surface area contributed by atoms with Gasteiger partial charge in [0, 0.05) is 5.02 Å². The first-order valence-corrected chi connectivity index (χ1v) is 10.0. The summed E-state index contributed by atoms with van der Waals surface area (Å²) in [6.07, 6.45) is 1.41. The van der Waals surface area contributed by atoms with Crippen molar-refractivity contribution in [1.82, 2.24) is 5.43 Å². The molecule has 0 aliphatic heterocycles. The first kappa shape index (κ1) is 21.1. The van der Waals surface area contributed by atoms with E-state index in [0.29, 0.717) is 21.9 Å². The van der Waals surface area contributed by atoms with Gasteiger partial charge in [0.05, 0.1) is 17.3 Å². The molecule has 2 N–H and O–H groups in total. The molecule has 6 nitrogen and oxygen atoms in total. The lowest BCUT2D eigenvalue weighted by Gasteiger charge is -2.06. The molecular weight excluding hydrogens is 428 g/mol. The molecule has 0 aliphatic carbocycles. The summed E-state index contributed by atoms with van der Waals surface area (Å²) in [4.78, 5) is 24.7. The zero-order valence-electron chi connectivity index (χ0n) is 16.7. The number of fused-ring (bicyclic) bond motifs is 1. The molecule has 0 atom stereocenters. The largest absolute Gasteiger partial charge is 0.507 e. The summed E-state index contributed by atoms with van der Waals surface area (Å²) in [5.41, 5.74) is 3.49.